The molecule has 0 radical (unpaired) electrons. The lowest BCUT2D eigenvalue weighted by molar-refractivity contribution is 0.00597. The number of hydrogen-bond acceptors (Lipinski definition) is 3. The lowest BCUT2D eigenvalue weighted by Gasteiger charge is -2.27. The molecule has 0 spiro atoms. The first kappa shape index (κ1) is 12.8. The number of hydrogen-bond donors (Lipinski definition) is 1. The lowest BCUT2D eigenvalue weighted by Crippen LogP contribution is -2.33. The summed E-state index contributed by atoms with van der Waals surface area (Å²) in [6.07, 6.45) is 0.481. The van der Waals surface area contributed by atoms with Gasteiger partial charge in [0, 0.05) is 21.7 Å². The zero-order valence-corrected chi connectivity index (χ0v) is 11.2. The molecule has 1 aliphatic heterocycles. The zero-order chi connectivity index (χ0) is 14.1. The summed E-state index contributed by atoms with van der Waals surface area (Å²) in [5, 5.41) is 15.9. The van der Waals surface area contributed by atoms with Gasteiger partial charge >= 0.3 is 0 Å². The van der Waals surface area contributed by atoms with Crippen LogP contribution in [0.2, 0.25) is 5.02 Å². The molecule has 1 unspecified atom stereocenters. The van der Waals surface area contributed by atoms with Crippen molar-refractivity contribution < 1.29 is 9.90 Å². The minimum Gasteiger partial charge on any atom is -0.368 e. The summed E-state index contributed by atoms with van der Waals surface area (Å²) < 4.78 is 0. The van der Waals surface area contributed by atoms with Crippen molar-refractivity contribution in [1.29, 1.82) is 0 Å². The molecule has 2 aromatic rings. The predicted octanol–water partition coefficient (Wildman–Crippen LogP) is 2.82. The largest absolute Gasteiger partial charge is 0.368 e. The second kappa shape index (κ2) is 5.07. The average Bonchev–Trinajstić information content (AvgIpc) is 2.48. The molecular weight excluding hydrogens is 276 g/mol. The quantitative estimate of drug-likeness (QED) is 0.876. The van der Waals surface area contributed by atoms with Crippen LogP contribution in [-0.4, -0.2) is 22.2 Å². The first-order valence-corrected chi connectivity index (χ1v) is 6.45. The summed E-state index contributed by atoms with van der Waals surface area (Å²) in [7, 11) is 0. The van der Waals surface area contributed by atoms with E-state index in [1.54, 1.807) is 36.5 Å². The number of carbonyl (C=O) groups excluding carboxylic acids is 1. The van der Waals surface area contributed by atoms with E-state index in [4.69, 9.17) is 11.6 Å². The van der Waals surface area contributed by atoms with Gasteiger partial charge in [-0.2, -0.15) is 10.1 Å². The summed E-state index contributed by atoms with van der Waals surface area (Å²) >= 11 is 5.79. The van der Waals surface area contributed by atoms with Crippen molar-refractivity contribution in [3.05, 3.63) is 70.2 Å². The molecule has 3 rings (SSSR count). The highest BCUT2D eigenvalue weighted by molar-refractivity contribution is 6.30. The van der Waals surface area contributed by atoms with E-state index in [1.165, 1.54) is 0 Å². The molecule has 0 aliphatic carbocycles. The van der Waals surface area contributed by atoms with Gasteiger partial charge in [-0.05, 0) is 24.3 Å². The van der Waals surface area contributed by atoms with Crippen molar-refractivity contribution >= 4 is 23.7 Å². The number of carbonyl (C=O) groups is 1. The van der Waals surface area contributed by atoms with Crippen LogP contribution in [0.25, 0.3) is 0 Å². The predicted molar refractivity (Wildman–Crippen MR) is 76.6 cm³/mol. The fourth-order valence-electron chi connectivity index (χ4n) is 2.07. The van der Waals surface area contributed by atoms with E-state index < -0.39 is 6.23 Å². The topological polar surface area (TPSA) is 52.9 Å². The Morgan fingerprint density at radius 1 is 1.15 bits per heavy atom. The molecule has 20 heavy (non-hydrogen) atoms. The molecule has 1 amide bonds. The van der Waals surface area contributed by atoms with Gasteiger partial charge in [0.15, 0.2) is 6.23 Å². The fraction of sp³-hybridized carbons (Fsp3) is 0.0667. The van der Waals surface area contributed by atoms with Gasteiger partial charge in [-0.15, -0.1) is 0 Å². The zero-order valence-electron chi connectivity index (χ0n) is 10.4. The highest BCUT2D eigenvalue weighted by Gasteiger charge is 2.28. The first-order chi connectivity index (χ1) is 9.66. The van der Waals surface area contributed by atoms with Gasteiger partial charge in [0.25, 0.3) is 5.91 Å². The van der Waals surface area contributed by atoms with Crippen LogP contribution in [0, 0.1) is 0 Å². The van der Waals surface area contributed by atoms with Crippen molar-refractivity contribution in [3.8, 4) is 0 Å². The van der Waals surface area contributed by atoms with Crippen LogP contribution in [-0.2, 0) is 0 Å². The Hall–Kier alpha value is -2.17. The van der Waals surface area contributed by atoms with Crippen molar-refractivity contribution in [2.75, 3.05) is 0 Å². The second-order valence-corrected chi connectivity index (χ2v) is 4.84. The monoisotopic (exact) mass is 286 g/mol. The molecule has 1 heterocycles. The molecule has 0 saturated heterocycles. The maximum Gasteiger partial charge on any atom is 0.276 e. The third-order valence-corrected chi connectivity index (χ3v) is 3.38. The Balaban J connectivity index is 1.93. The lowest BCUT2D eigenvalue weighted by atomic mass is 10.1. The summed E-state index contributed by atoms with van der Waals surface area (Å²) in [5.74, 6) is -0.375. The number of halogens is 1. The third kappa shape index (κ3) is 2.19. The van der Waals surface area contributed by atoms with Gasteiger partial charge in [-0.25, -0.2) is 0 Å². The molecule has 0 aromatic heterocycles. The van der Waals surface area contributed by atoms with Crippen LogP contribution >= 0.6 is 11.6 Å². The molecule has 5 heteroatoms. The number of aliphatic hydroxyl groups is 1. The van der Waals surface area contributed by atoms with E-state index in [0.29, 0.717) is 16.1 Å². The summed E-state index contributed by atoms with van der Waals surface area (Å²) in [6.45, 7) is 0. The van der Waals surface area contributed by atoms with Crippen molar-refractivity contribution in [2.24, 2.45) is 5.10 Å². The van der Waals surface area contributed by atoms with Gasteiger partial charge in [0.05, 0.1) is 6.21 Å². The molecule has 1 aliphatic rings. The maximum atomic E-state index is 12.3. The number of hydrazone groups is 1. The summed E-state index contributed by atoms with van der Waals surface area (Å²) in [6, 6.07) is 13.7. The number of benzene rings is 2. The minimum atomic E-state index is -1.08. The van der Waals surface area contributed by atoms with E-state index in [2.05, 4.69) is 5.10 Å². The van der Waals surface area contributed by atoms with Crippen LogP contribution < -0.4 is 0 Å². The normalized spacial score (nSPS) is 16.9. The highest BCUT2D eigenvalue weighted by Crippen LogP contribution is 2.26. The second-order valence-electron chi connectivity index (χ2n) is 4.40. The Morgan fingerprint density at radius 3 is 2.60 bits per heavy atom. The molecule has 0 saturated carbocycles. The third-order valence-electron chi connectivity index (χ3n) is 3.13. The number of amides is 1. The molecule has 0 bridgehead atoms. The highest BCUT2D eigenvalue weighted by atomic mass is 35.5. The standard InChI is InChI=1S/C15H11ClN2O2/c16-12-7-5-10(6-8-12)14(19)18-15(20)13-4-2-1-3-11(13)9-17-18/h1-9,15,20H. The van der Waals surface area contributed by atoms with Crippen LogP contribution in [0.3, 0.4) is 0 Å². The summed E-state index contributed by atoms with van der Waals surface area (Å²) in [5.41, 5.74) is 1.88. The molecule has 100 valence electrons. The molecular formula is C15H11ClN2O2. The van der Waals surface area contributed by atoms with Crippen LogP contribution in [0.15, 0.2) is 53.6 Å². The van der Waals surface area contributed by atoms with Gasteiger partial charge in [-0.1, -0.05) is 35.9 Å². The van der Waals surface area contributed by atoms with E-state index in [1.807, 2.05) is 18.2 Å². The first-order valence-electron chi connectivity index (χ1n) is 6.07. The number of fused-ring (bicyclic) bond motifs is 1. The van der Waals surface area contributed by atoms with Crippen molar-refractivity contribution in [2.45, 2.75) is 6.23 Å². The Labute approximate surface area is 120 Å². The van der Waals surface area contributed by atoms with Crippen LogP contribution in [0.4, 0.5) is 0 Å². The van der Waals surface area contributed by atoms with E-state index in [-0.39, 0.29) is 5.91 Å². The number of aliphatic hydroxyl groups excluding tert-OH is 1. The van der Waals surface area contributed by atoms with Crippen LogP contribution in [0.1, 0.15) is 27.7 Å². The Bertz CT molecular complexity index is 683. The average molecular weight is 287 g/mol. The van der Waals surface area contributed by atoms with E-state index in [0.717, 1.165) is 10.6 Å². The van der Waals surface area contributed by atoms with Gasteiger partial charge in [0.2, 0.25) is 0 Å². The number of rotatable bonds is 1. The Kier molecular flexibility index (Phi) is 3.26. The SMILES string of the molecule is O=C(c1ccc(Cl)cc1)N1N=Cc2ccccc2C1O. The minimum absolute atomic E-state index is 0.375. The molecule has 1 atom stereocenters. The Morgan fingerprint density at radius 2 is 1.85 bits per heavy atom. The molecule has 0 fully saturated rings. The smallest absolute Gasteiger partial charge is 0.276 e. The maximum absolute atomic E-state index is 12.3. The fourth-order valence-corrected chi connectivity index (χ4v) is 2.20. The molecule has 2 aromatic carbocycles. The van der Waals surface area contributed by atoms with Gasteiger partial charge in [0.1, 0.15) is 0 Å². The van der Waals surface area contributed by atoms with E-state index >= 15 is 0 Å². The number of nitrogens with zero attached hydrogens (tertiary/aromatic N) is 2. The van der Waals surface area contributed by atoms with Gasteiger partial charge < -0.3 is 5.11 Å². The molecule has 4 nitrogen and oxygen atoms in total. The summed E-state index contributed by atoms with van der Waals surface area (Å²) in [4.78, 5) is 12.3. The van der Waals surface area contributed by atoms with Crippen molar-refractivity contribution in [3.63, 3.8) is 0 Å². The van der Waals surface area contributed by atoms with Gasteiger partial charge in [-0.3, -0.25) is 4.79 Å². The van der Waals surface area contributed by atoms with Crippen LogP contribution in [0.5, 0.6) is 0 Å². The molecule has 1 N–H and O–H groups in total. The van der Waals surface area contributed by atoms with Crippen molar-refractivity contribution in [1.82, 2.24) is 5.01 Å². The van der Waals surface area contributed by atoms with E-state index in [9.17, 15) is 9.90 Å².